The van der Waals surface area contributed by atoms with Crippen molar-refractivity contribution in [2.24, 2.45) is 0 Å². The van der Waals surface area contributed by atoms with Crippen LogP contribution in [0.3, 0.4) is 0 Å². The molecule has 0 aromatic heterocycles. The van der Waals surface area contributed by atoms with E-state index < -0.39 is 0 Å². The first-order valence-electron chi connectivity index (χ1n) is 1.78. The van der Waals surface area contributed by atoms with Gasteiger partial charge in [-0.25, -0.2) is 0 Å². The van der Waals surface area contributed by atoms with Crippen LogP contribution in [0.5, 0.6) is 0 Å². The molecule has 0 atom stereocenters. The zero-order chi connectivity index (χ0) is 3.54. The summed E-state index contributed by atoms with van der Waals surface area (Å²) in [5.74, 6) is 0. The van der Waals surface area contributed by atoms with Gasteiger partial charge in [-0.05, 0) is 0 Å². The molecule has 1 rings (SSSR count). The molecule has 0 radical (unpaired) electrons. The summed E-state index contributed by atoms with van der Waals surface area (Å²) in [6.07, 6.45) is 4.14. The largest absolute Gasteiger partial charge is 1.00 e. The SMILES string of the molecule is C1=CC[N-]C1.[Li+]. The molecule has 0 unspecified atom stereocenters. The standard InChI is InChI=1S/C4H6N.Li/c1-2-4-5-3-1;/h1-2H,3-4H2;/q-1;+1. The van der Waals surface area contributed by atoms with E-state index in [2.05, 4.69) is 17.5 Å². The first-order chi connectivity index (χ1) is 2.50. The van der Waals surface area contributed by atoms with Gasteiger partial charge in [0, 0.05) is 0 Å². The average Bonchev–Trinajstić information content (AvgIpc) is 1.76. The van der Waals surface area contributed by atoms with Crippen molar-refractivity contribution < 1.29 is 18.9 Å². The van der Waals surface area contributed by atoms with Crippen LogP contribution in [0.2, 0.25) is 0 Å². The van der Waals surface area contributed by atoms with E-state index in [4.69, 9.17) is 0 Å². The normalized spacial score (nSPS) is 17.3. The molecule has 2 heteroatoms. The summed E-state index contributed by atoms with van der Waals surface area (Å²) in [5, 5.41) is 3.97. The van der Waals surface area contributed by atoms with Crippen LogP contribution in [0.25, 0.3) is 5.32 Å². The Hall–Kier alpha value is 0.297. The third-order valence-corrected chi connectivity index (χ3v) is 0.636. The Bertz CT molecular complexity index is 45.5. The summed E-state index contributed by atoms with van der Waals surface area (Å²) in [4.78, 5) is 0. The molecule has 0 aromatic carbocycles. The van der Waals surface area contributed by atoms with Gasteiger partial charge in [0.2, 0.25) is 0 Å². The van der Waals surface area contributed by atoms with E-state index in [1.807, 2.05) is 0 Å². The van der Waals surface area contributed by atoms with Crippen molar-refractivity contribution in [1.82, 2.24) is 0 Å². The Kier molecular flexibility index (Phi) is 3.66. The fourth-order valence-electron chi connectivity index (χ4n) is 0.373. The average molecular weight is 75.0 g/mol. The Morgan fingerprint density at radius 2 is 1.67 bits per heavy atom. The van der Waals surface area contributed by atoms with Gasteiger partial charge in [0.1, 0.15) is 0 Å². The third-order valence-electron chi connectivity index (χ3n) is 0.636. The van der Waals surface area contributed by atoms with Crippen LogP contribution in [-0.2, 0) is 0 Å². The van der Waals surface area contributed by atoms with Gasteiger partial charge in [-0.2, -0.15) is 0 Å². The molecule has 0 bridgehead atoms. The second-order valence-corrected chi connectivity index (χ2v) is 1.06. The first kappa shape index (κ1) is 6.30. The third kappa shape index (κ3) is 1.67. The molecular weight excluding hydrogens is 69.0 g/mol. The Balaban J connectivity index is 0.000000250. The summed E-state index contributed by atoms with van der Waals surface area (Å²) in [6, 6.07) is 0. The maximum atomic E-state index is 3.97. The van der Waals surface area contributed by atoms with Crippen LogP contribution < -0.4 is 18.9 Å². The maximum absolute atomic E-state index is 3.97. The summed E-state index contributed by atoms with van der Waals surface area (Å²) in [5.41, 5.74) is 0. The predicted octanol–water partition coefficient (Wildman–Crippen LogP) is -2.07. The maximum Gasteiger partial charge on any atom is 1.00 e. The van der Waals surface area contributed by atoms with Gasteiger partial charge >= 0.3 is 18.9 Å². The van der Waals surface area contributed by atoms with Crippen molar-refractivity contribution in [2.45, 2.75) is 0 Å². The quantitative estimate of drug-likeness (QED) is 0.232. The summed E-state index contributed by atoms with van der Waals surface area (Å²) >= 11 is 0. The van der Waals surface area contributed by atoms with E-state index in [-0.39, 0.29) is 18.9 Å². The van der Waals surface area contributed by atoms with Crippen molar-refractivity contribution >= 4 is 0 Å². The number of hydrogen-bond acceptors (Lipinski definition) is 0. The van der Waals surface area contributed by atoms with E-state index in [1.54, 1.807) is 0 Å². The van der Waals surface area contributed by atoms with Crippen molar-refractivity contribution in [2.75, 3.05) is 13.1 Å². The van der Waals surface area contributed by atoms with E-state index in [1.165, 1.54) is 0 Å². The molecule has 28 valence electrons. The van der Waals surface area contributed by atoms with Gasteiger partial charge in [-0.1, -0.05) is 0 Å². The van der Waals surface area contributed by atoms with Crippen molar-refractivity contribution in [1.29, 1.82) is 0 Å². The van der Waals surface area contributed by atoms with Gasteiger partial charge in [0.15, 0.2) is 0 Å². The summed E-state index contributed by atoms with van der Waals surface area (Å²) in [6.45, 7) is 1.89. The smallest absolute Gasteiger partial charge is 0.656 e. The van der Waals surface area contributed by atoms with E-state index in [0.717, 1.165) is 13.1 Å². The summed E-state index contributed by atoms with van der Waals surface area (Å²) < 4.78 is 0. The van der Waals surface area contributed by atoms with Crippen LogP contribution in [-0.4, -0.2) is 13.1 Å². The Morgan fingerprint density at radius 3 is 1.83 bits per heavy atom. The van der Waals surface area contributed by atoms with Gasteiger partial charge in [0.25, 0.3) is 0 Å². The predicted molar refractivity (Wildman–Crippen MR) is 22.2 cm³/mol. The van der Waals surface area contributed by atoms with Crippen LogP contribution in [0, 0.1) is 0 Å². The van der Waals surface area contributed by atoms with Crippen LogP contribution in [0.4, 0.5) is 0 Å². The summed E-state index contributed by atoms with van der Waals surface area (Å²) in [7, 11) is 0. The monoisotopic (exact) mass is 75.1 g/mol. The molecule has 0 spiro atoms. The van der Waals surface area contributed by atoms with E-state index in [9.17, 15) is 0 Å². The van der Waals surface area contributed by atoms with Gasteiger partial charge < -0.3 is 5.32 Å². The number of rotatable bonds is 0. The minimum absolute atomic E-state index is 0. The van der Waals surface area contributed by atoms with Gasteiger partial charge in [-0.15, -0.1) is 25.2 Å². The zero-order valence-electron chi connectivity index (χ0n) is 4.02. The topological polar surface area (TPSA) is 14.1 Å². The van der Waals surface area contributed by atoms with E-state index in [0.29, 0.717) is 0 Å². The van der Waals surface area contributed by atoms with Crippen molar-refractivity contribution in [3.05, 3.63) is 17.5 Å². The van der Waals surface area contributed by atoms with Gasteiger partial charge in [-0.3, -0.25) is 0 Å². The molecule has 1 heterocycles. The minimum atomic E-state index is 0. The Morgan fingerprint density at radius 1 is 1.17 bits per heavy atom. The van der Waals surface area contributed by atoms with Crippen LogP contribution in [0.1, 0.15) is 0 Å². The zero-order valence-corrected chi connectivity index (χ0v) is 4.02. The van der Waals surface area contributed by atoms with E-state index >= 15 is 0 Å². The van der Waals surface area contributed by atoms with Crippen molar-refractivity contribution in [3.63, 3.8) is 0 Å². The van der Waals surface area contributed by atoms with Crippen LogP contribution >= 0.6 is 0 Å². The number of hydrogen-bond donors (Lipinski definition) is 0. The second kappa shape index (κ2) is 3.49. The fraction of sp³-hybridized carbons (Fsp3) is 0.500. The molecular formula is C4H6LiN. The molecule has 1 nitrogen and oxygen atoms in total. The van der Waals surface area contributed by atoms with Crippen LogP contribution in [0.15, 0.2) is 12.2 Å². The van der Waals surface area contributed by atoms with Crippen molar-refractivity contribution in [3.8, 4) is 0 Å². The fourth-order valence-corrected chi connectivity index (χ4v) is 0.373. The Labute approximate surface area is 50.0 Å². The molecule has 1 aliphatic heterocycles. The molecule has 0 amide bonds. The first-order valence-corrected chi connectivity index (χ1v) is 1.78. The molecule has 0 N–H and O–H groups in total. The molecule has 0 fully saturated rings. The molecule has 0 saturated heterocycles. The second-order valence-electron chi connectivity index (χ2n) is 1.06. The molecule has 6 heavy (non-hydrogen) atoms. The minimum Gasteiger partial charge on any atom is -0.656 e. The van der Waals surface area contributed by atoms with Gasteiger partial charge in [0.05, 0.1) is 0 Å². The number of nitrogens with zero attached hydrogens (tertiary/aromatic N) is 1. The molecule has 0 aliphatic carbocycles. The molecule has 0 aromatic rings. The molecule has 0 saturated carbocycles. The molecule has 1 aliphatic rings.